The van der Waals surface area contributed by atoms with Crippen molar-refractivity contribution in [3.8, 4) is 0 Å². The van der Waals surface area contributed by atoms with Crippen molar-refractivity contribution >= 4 is 61.5 Å². The van der Waals surface area contributed by atoms with Gasteiger partial charge in [0.25, 0.3) is 5.91 Å². The number of carbonyl (C=O) groups is 2. The number of hydrogen-bond donors (Lipinski definition) is 2. The molecule has 0 aliphatic rings. The van der Waals surface area contributed by atoms with Crippen molar-refractivity contribution in [2.24, 2.45) is 0 Å². The number of carbonyl (C=O) groups excluding carboxylic acids is 2. The lowest BCUT2D eigenvalue weighted by Crippen LogP contribution is -2.30. The summed E-state index contributed by atoms with van der Waals surface area (Å²) in [6.07, 6.45) is -4.10. The summed E-state index contributed by atoms with van der Waals surface area (Å²) in [6.45, 7) is 8.61. The third-order valence-electron chi connectivity index (χ3n) is 5.24. The molecule has 0 aliphatic heterocycles. The van der Waals surface area contributed by atoms with E-state index in [0.29, 0.717) is 47.2 Å². The molecule has 2 rings (SSSR count). The highest BCUT2D eigenvalue weighted by atomic mass is 79.9. The molecule has 2 N–H and O–H groups in total. The van der Waals surface area contributed by atoms with Gasteiger partial charge in [0.15, 0.2) is 10.8 Å². The number of ether oxygens (including phenoxy) is 1. The molecule has 0 aromatic carbocycles. The lowest BCUT2D eigenvalue weighted by molar-refractivity contribution is -0.142. The summed E-state index contributed by atoms with van der Waals surface area (Å²) in [5, 5.41) is 10.1. The van der Waals surface area contributed by atoms with Crippen LogP contribution in [0.3, 0.4) is 0 Å². The molecule has 0 saturated heterocycles. The number of anilines is 1. The second kappa shape index (κ2) is 12.2. The smallest absolute Gasteiger partial charge is 0.436 e. The third kappa shape index (κ3) is 6.73. The number of aryl methyl sites for hydroxylation is 1. The number of aromatic nitrogens is 2. The number of rotatable bonds is 9. The van der Waals surface area contributed by atoms with Crippen molar-refractivity contribution in [2.75, 3.05) is 32.1 Å². The van der Waals surface area contributed by atoms with Crippen molar-refractivity contribution in [1.82, 2.24) is 20.0 Å². The van der Waals surface area contributed by atoms with Gasteiger partial charge in [0.2, 0.25) is 0 Å². The first-order valence-electron chi connectivity index (χ1n) is 10.7. The molecule has 0 bridgehead atoms. The molecule has 0 fully saturated rings. The van der Waals surface area contributed by atoms with Crippen LogP contribution in [0, 0.1) is 13.8 Å². The molecule has 0 spiro atoms. The minimum Gasteiger partial charge on any atom is -0.465 e. The second-order valence-electron chi connectivity index (χ2n) is 7.43. The number of thiocarbonyl (C=S) groups is 1. The molecular weight excluding hydrogens is 571 g/mol. The van der Waals surface area contributed by atoms with E-state index in [1.807, 2.05) is 13.8 Å². The number of thiophene rings is 1. The van der Waals surface area contributed by atoms with Crippen molar-refractivity contribution in [2.45, 2.75) is 46.8 Å². The molecular formula is C21H27BrF3N5O3S2. The molecule has 8 nitrogen and oxygen atoms in total. The Morgan fingerprint density at radius 1 is 1.26 bits per heavy atom. The highest BCUT2D eigenvalue weighted by Crippen LogP contribution is 2.36. The molecule has 0 atom stereocenters. The van der Waals surface area contributed by atoms with Crippen molar-refractivity contribution in [3.63, 3.8) is 0 Å². The van der Waals surface area contributed by atoms with Gasteiger partial charge in [-0.15, -0.1) is 11.3 Å². The van der Waals surface area contributed by atoms with Gasteiger partial charge in [-0.1, -0.05) is 0 Å². The van der Waals surface area contributed by atoms with Gasteiger partial charge in [0.05, 0.1) is 27.7 Å². The first kappa shape index (κ1) is 29.0. The van der Waals surface area contributed by atoms with E-state index in [2.05, 4.69) is 31.7 Å². The fourth-order valence-corrected chi connectivity index (χ4v) is 5.25. The maximum atomic E-state index is 13.0. The average Bonchev–Trinajstić information content (AvgIpc) is 3.27. The minimum atomic E-state index is -4.54. The van der Waals surface area contributed by atoms with Gasteiger partial charge in [-0.2, -0.15) is 18.3 Å². The third-order valence-corrected chi connectivity index (χ3v) is 7.63. The quantitative estimate of drug-likeness (QED) is 0.239. The van der Waals surface area contributed by atoms with E-state index >= 15 is 0 Å². The predicted octanol–water partition coefficient (Wildman–Crippen LogP) is 4.99. The van der Waals surface area contributed by atoms with Crippen LogP contribution >= 0.6 is 39.5 Å². The zero-order valence-electron chi connectivity index (χ0n) is 19.9. The normalized spacial score (nSPS) is 11.3. The average molecular weight is 599 g/mol. The van der Waals surface area contributed by atoms with Gasteiger partial charge in [0, 0.05) is 26.2 Å². The summed E-state index contributed by atoms with van der Waals surface area (Å²) in [7, 11) is 1.26. The Morgan fingerprint density at radius 2 is 1.89 bits per heavy atom. The molecule has 0 saturated carbocycles. The summed E-state index contributed by atoms with van der Waals surface area (Å²) in [4.78, 5) is 27.3. The first-order valence-corrected chi connectivity index (χ1v) is 12.7. The van der Waals surface area contributed by atoms with Crippen LogP contribution < -0.4 is 10.6 Å². The van der Waals surface area contributed by atoms with Gasteiger partial charge >= 0.3 is 12.1 Å². The predicted molar refractivity (Wildman–Crippen MR) is 136 cm³/mol. The van der Waals surface area contributed by atoms with Crippen LogP contribution in [0.2, 0.25) is 0 Å². The Kier molecular flexibility index (Phi) is 10.1. The summed E-state index contributed by atoms with van der Waals surface area (Å²) in [6, 6.07) is 0. The number of alkyl halides is 3. The fraction of sp³-hybridized carbons (Fsp3) is 0.524. The Bertz CT molecular complexity index is 1100. The molecule has 14 heteroatoms. The Morgan fingerprint density at radius 3 is 2.40 bits per heavy atom. The van der Waals surface area contributed by atoms with E-state index in [0.717, 1.165) is 11.3 Å². The SMILES string of the molecule is CCN(CC)C(=O)c1sc(NC(=S)NCCCn2nc(C(F)(F)F)c(Br)c2C)c(C(=O)OC)c1C. The van der Waals surface area contributed by atoms with Gasteiger partial charge in [-0.3, -0.25) is 9.48 Å². The van der Waals surface area contributed by atoms with Crippen molar-refractivity contribution < 1.29 is 27.5 Å². The molecule has 0 aliphatic carbocycles. The molecule has 1 amide bonds. The molecule has 2 aromatic heterocycles. The molecule has 35 heavy (non-hydrogen) atoms. The highest BCUT2D eigenvalue weighted by Gasteiger charge is 2.37. The monoisotopic (exact) mass is 597 g/mol. The van der Waals surface area contributed by atoms with E-state index in [9.17, 15) is 22.8 Å². The first-order chi connectivity index (χ1) is 16.4. The summed E-state index contributed by atoms with van der Waals surface area (Å²) < 4.78 is 45.2. The van der Waals surface area contributed by atoms with Gasteiger partial charge in [0.1, 0.15) is 5.00 Å². The summed E-state index contributed by atoms with van der Waals surface area (Å²) >= 11 is 9.39. The van der Waals surface area contributed by atoms with Crippen LogP contribution in [0.25, 0.3) is 0 Å². The van der Waals surface area contributed by atoms with Crippen molar-refractivity contribution in [3.05, 3.63) is 31.9 Å². The zero-order chi connectivity index (χ0) is 26.5. The topological polar surface area (TPSA) is 88.5 Å². The van der Waals surface area contributed by atoms with Crippen LogP contribution in [0.15, 0.2) is 4.47 Å². The number of nitrogens with zero attached hydrogens (tertiary/aromatic N) is 3. The second-order valence-corrected chi connectivity index (χ2v) is 9.65. The van der Waals surface area contributed by atoms with Crippen molar-refractivity contribution in [1.29, 1.82) is 0 Å². The number of methoxy groups -OCH3 is 1. The largest absolute Gasteiger partial charge is 0.465 e. The lowest BCUT2D eigenvalue weighted by Gasteiger charge is -2.17. The Balaban J connectivity index is 2.07. The Hall–Kier alpha value is -2.19. The van der Waals surface area contributed by atoms with Crippen LogP contribution in [0.1, 0.15) is 57.2 Å². The van der Waals surface area contributed by atoms with Gasteiger partial charge in [-0.05, 0) is 67.8 Å². The maximum Gasteiger partial charge on any atom is 0.436 e. The van der Waals surface area contributed by atoms with Crippen LogP contribution in [0.5, 0.6) is 0 Å². The molecule has 2 aromatic rings. The fourth-order valence-electron chi connectivity index (χ4n) is 3.31. The molecule has 0 unspecified atom stereocenters. The molecule has 194 valence electrons. The number of amides is 1. The Labute approximate surface area is 219 Å². The van der Waals surface area contributed by atoms with Crippen LogP contribution in [-0.4, -0.2) is 58.4 Å². The number of hydrogen-bond acceptors (Lipinski definition) is 6. The lowest BCUT2D eigenvalue weighted by atomic mass is 10.1. The summed E-state index contributed by atoms with van der Waals surface area (Å²) in [5.74, 6) is -0.781. The highest BCUT2D eigenvalue weighted by molar-refractivity contribution is 9.10. The number of halogens is 4. The van der Waals surface area contributed by atoms with E-state index in [1.165, 1.54) is 11.8 Å². The number of esters is 1. The van der Waals surface area contributed by atoms with E-state index in [-0.39, 0.29) is 27.6 Å². The minimum absolute atomic E-state index is 0.0754. The number of nitrogens with one attached hydrogen (secondary N) is 2. The van der Waals surface area contributed by atoms with Crippen LogP contribution in [-0.2, 0) is 17.5 Å². The standard InChI is InChI=1S/C21H27BrF3N5O3S2/c1-6-29(7-2)18(31)15-11(3)13(19(32)33-5)17(35-15)27-20(34)26-9-8-10-30-12(4)14(22)16(28-30)21(23,24)25/h6-10H2,1-5H3,(H2,26,27,34). The van der Waals surface area contributed by atoms with Gasteiger partial charge in [-0.25, -0.2) is 4.79 Å². The van der Waals surface area contributed by atoms with E-state index in [1.54, 1.807) is 18.7 Å². The summed E-state index contributed by atoms with van der Waals surface area (Å²) in [5.41, 5.74) is 0.150. The molecule has 0 radical (unpaired) electrons. The molecule has 2 heterocycles. The van der Waals surface area contributed by atoms with E-state index in [4.69, 9.17) is 17.0 Å². The maximum absolute atomic E-state index is 13.0. The van der Waals surface area contributed by atoms with Crippen LogP contribution in [0.4, 0.5) is 18.2 Å². The van der Waals surface area contributed by atoms with Gasteiger partial charge < -0.3 is 20.3 Å². The van der Waals surface area contributed by atoms with E-state index < -0.39 is 17.8 Å². The zero-order valence-corrected chi connectivity index (χ0v) is 23.1.